The molecule has 0 radical (unpaired) electrons. The van der Waals surface area contributed by atoms with Gasteiger partial charge in [-0.15, -0.1) is 0 Å². The maximum atomic E-state index is 11.8. The van der Waals surface area contributed by atoms with Crippen molar-refractivity contribution in [2.24, 2.45) is 0 Å². The Hall–Kier alpha value is -2.66. The number of hydrogen-bond donors (Lipinski definition) is 1. The molecule has 0 spiro atoms. The highest BCUT2D eigenvalue weighted by atomic mass is 16.5. The number of pyridine rings is 1. The maximum Gasteiger partial charge on any atom is 0.356 e. The third-order valence-corrected chi connectivity index (χ3v) is 3.20. The number of carbonyl (C=O) groups excluding carboxylic acids is 1. The maximum absolute atomic E-state index is 11.8. The minimum absolute atomic E-state index is 0.303. The molecule has 0 aliphatic carbocycles. The van der Waals surface area contributed by atoms with Gasteiger partial charge in [0, 0.05) is 6.20 Å². The molecular formula is C17H18N2O3. The fourth-order valence-corrected chi connectivity index (χ4v) is 2.12. The Morgan fingerprint density at radius 2 is 2.32 bits per heavy atom. The predicted octanol–water partition coefficient (Wildman–Crippen LogP) is 2.84. The lowest BCUT2D eigenvalue weighted by molar-refractivity contribution is 0.0518. The Bertz CT molecular complexity index is 743. The van der Waals surface area contributed by atoms with Crippen LogP contribution in [0.4, 0.5) is 0 Å². The van der Waals surface area contributed by atoms with E-state index in [9.17, 15) is 9.90 Å². The molecule has 0 aliphatic heterocycles. The molecule has 1 N–H and O–H groups in total. The molecule has 5 nitrogen and oxygen atoms in total. The number of aliphatic hydroxyl groups is 1. The van der Waals surface area contributed by atoms with Gasteiger partial charge in [0.15, 0.2) is 5.69 Å². The number of ether oxygens (including phenoxy) is 1. The Morgan fingerprint density at radius 3 is 2.95 bits per heavy atom. The van der Waals surface area contributed by atoms with Crippen LogP contribution in [0.1, 0.15) is 29.1 Å². The highest BCUT2D eigenvalue weighted by Crippen LogP contribution is 2.23. The zero-order valence-electron chi connectivity index (χ0n) is 12.4. The van der Waals surface area contributed by atoms with Gasteiger partial charge in [0.05, 0.1) is 12.8 Å². The van der Waals surface area contributed by atoms with Crippen LogP contribution in [0, 0.1) is 0 Å². The van der Waals surface area contributed by atoms with Crippen molar-refractivity contribution >= 4 is 11.6 Å². The van der Waals surface area contributed by atoms with E-state index >= 15 is 0 Å². The molecule has 0 amide bonds. The summed E-state index contributed by atoms with van der Waals surface area (Å²) in [4.78, 5) is 16.0. The smallest absolute Gasteiger partial charge is 0.356 e. The van der Waals surface area contributed by atoms with Crippen LogP contribution in [-0.2, 0) is 4.74 Å². The van der Waals surface area contributed by atoms with Gasteiger partial charge in [-0.2, -0.15) is 0 Å². The van der Waals surface area contributed by atoms with Gasteiger partial charge < -0.3 is 9.84 Å². The van der Waals surface area contributed by atoms with E-state index < -0.39 is 12.1 Å². The van der Waals surface area contributed by atoms with Crippen molar-refractivity contribution in [2.75, 3.05) is 6.61 Å². The molecule has 2 aromatic heterocycles. The molecule has 0 aromatic carbocycles. The summed E-state index contributed by atoms with van der Waals surface area (Å²) in [6.45, 7) is 9.34. The van der Waals surface area contributed by atoms with Crippen LogP contribution in [0.3, 0.4) is 0 Å². The molecule has 0 bridgehead atoms. The Kier molecular flexibility index (Phi) is 4.91. The number of aliphatic hydroxyl groups excluding tert-OH is 1. The molecule has 1 unspecified atom stereocenters. The number of fused-ring (bicyclic) bond motifs is 1. The van der Waals surface area contributed by atoms with Gasteiger partial charge in [-0.1, -0.05) is 31.4 Å². The van der Waals surface area contributed by atoms with Gasteiger partial charge in [-0.3, -0.25) is 4.40 Å². The van der Waals surface area contributed by atoms with Crippen LogP contribution in [0.15, 0.2) is 61.5 Å². The van der Waals surface area contributed by atoms with Crippen LogP contribution in [-0.4, -0.2) is 27.1 Å². The van der Waals surface area contributed by atoms with Gasteiger partial charge in [-0.25, -0.2) is 9.78 Å². The first-order chi connectivity index (χ1) is 10.6. The standard InChI is InChI=1S/C17H18N2O3/c1-4-7-12(5-2)16(20)13-8-9-19-14(17(21)22-6-3)11-18-15(19)10-13/h4-5,7-11,16,20H,1-2,6H2,3H3/b12-7+. The van der Waals surface area contributed by atoms with E-state index in [-0.39, 0.29) is 0 Å². The monoisotopic (exact) mass is 298 g/mol. The number of imidazole rings is 1. The van der Waals surface area contributed by atoms with Crippen LogP contribution in [0.2, 0.25) is 0 Å². The summed E-state index contributed by atoms with van der Waals surface area (Å²) < 4.78 is 6.60. The first-order valence-electron chi connectivity index (χ1n) is 6.89. The molecular weight excluding hydrogens is 280 g/mol. The van der Waals surface area contributed by atoms with Crippen molar-refractivity contribution < 1.29 is 14.6 Å². The number of aromatic nitrogens is 2. The lowest BCUT2D eigenvalue weighted by Crippen LogP contribution is -2.08. The summed E-state index contributed by atoms with van der Waals surface area (Å²) in [6.07, 6.45) is 7.17. The predicted molar refractivity (Wildman–Crippen MR) is 84.6 cm³/mol. The molecule has 2 aromatic rings. The van der Waals surface area contributed by atoms with Crippen molar-refractivity contribution in [2.45, 2.75) is 13.0 Å². The molecule has 2 rings (SSSR count). The molecule has 114 valence electrons. The van der Waals surface area contributed by atoms with E-state index in [0.717, 1.165) is 0 Å². The fraction of sp³-hybridized carbons (Fsp3) is 0.176. The number of allylic oxidation sites excluding steroid dienone is 2. The molecule has 2 heterocycles. The second-order valence-electron chi connectivity index (χ2n) is 4.56. The summed E-state index contributed by atoms with van der Waals surface area (Å²) >= 11 is 0. The molecule has 22 heavy (non-hydrogen) atoms. The lowest BCUT2D eigenvalue weighted by Gasteiger charge is -2.12. The van der Waals surface area contributed by atoms with E-state index in [1.807, 2.05) is 0 Å². The number of hydrogen-bond acceptors (Lipinski definition) is 4. The molecule has 0 saturated heterocycles. The van der Waals surface area contributed by atoms with E-state index in [1.54, 1.807) is 47.9 Å². The summed E-state index contributed by atoms with van der Waals surface area (Å²) in [7, 11) is 0. The minimum atomic E-state index is -0.830. The Balaban J connectivity index is 2.40. The van der Waals surface area contributed by atoms with Crippen LogP contribution in [0.25, 0.3) is 5.65 Å². The van der Waals surface area contributed by atoms with E-state index in [4.69, 9.17) is 4.74 Å². The zero-order chi connectivity index (χ0) is 16.1. The largest absolute Gasteiger partial charge is 0.461 e. The van der Waals surface area contributed by atoms with Gasteiger partial charge >= 0.3 is 5.97 Å². The number of esters is 1. The first kappa shape index (κ1) is 15.7. The van der Waals surface area contributed by atoms with Crippen LogP contribution >= 0.6 is 0 Å². The van der Waals surface area contributed by atoms with Crippen LogP contribution in [0.5, 0.6) is 0 Å². The van der Waals surface area contributed by atoms with E-state index in [2.05, 4.69) is 18.1 Å². The molecule has 5 heteroatoms. The van der Waals surface area contributed by atoms with E-state index in [1.165, 1.54) is 6.20 Å². The highest BCUT2D eigenvalue weighted by Gasteiger charge is 2.16. The molecule has 0 fully saturated rings. The third-order valence-electron chi connectivity index (χ3n) is 3.20. The average molecular weight is 298 g/mol. The summed E-state index contributed by atoms with van der Waals surface area (Å²) in [5.74, 6) is -0.429. The minimum Gasteiger partial charge on any atom is -0.461 e. The first-order valence-corrected chi connectivity index (χ1v) is 6.89. The number of nitrogens with zero attached hydrogens (tertiary/aromatic N) is 2. The van der Waals surface area contributed by atoms with Crippen molar-refractivity contribution in [3.05, 3.63) is 72.7 Å². The van der Waals surface area contributed by atoms with Crippen molar-refractivity contribution in [3.63, 3.8) is 0 Å². The van der Waals surface area contributed by atoms with Gasteiger partial charge in [-0.05, 0) is 30.2 Å². The normalized spacial score (nSPS) is 12.9. The highest BCUT2D eigenvalue weighted by molar-refractivity contribution is 5.88. The SMILES string of the molecule is C=C/C=C(\C=C)C(O)c1ccn2c(C(=O)OCC)cnc2c1. The molecule has 1 atom stereocenters. The number of carbonyl (C=O) groups is 1. The Morgan fingerprint density at radius 1 is 1.55 bits per heavy atom. The van der Waals surface area contributed by atoms with Crippen LogP contribution < -0.4 is 0 Å². The zero-order valence-corrected chi connectivity index (χ0v) is 12.4. The van der Waals surface area contributed by atoms with Crippen molar-refractivity contribution in [3.8, 4) is 0 Å². The second-order valence-corrected chi connectivity index (χ2v) is 4.56. The lowest BCUT2D eigenvalue weighted by atomic mass is 10.0. The third kappa shape index (κ3) is 2.99. The quantitative estimate of drug-likeness (QED) is 0.658. The Labute approximate surface area is 128 Å². The van der Waals surface area contributed by atoms with Gasteiger partial charge in [0.1, 0.15) is 11.8 Å². The number of rotatable bonds is 6. The van der Waals surface area contributed by atoms with Gasteiger partial charge in [0.2, 0.25) is 0 Å². The van der Waals surface area contributed by atoms with Crippen molar-refractivity contribution in [1.29, 1.82) is 0 Å². The summed E-state index contributed by atoms with van der Waals surface area (Å²) in [5, 5.41) is 10.4. The van der Waals surface area contributed by atoms with Gasteiger partial charge in [0.25, 0.3) is 0 Å². The fourth-order valence-electron chi connectivity index (χ4n) is 2.12. The van der Waals surface area contributed by atoms with E-state index in [0.29, 0.717) is 29.1 Å². The van der Waals surface area contributed by atoms with Crippen molar-refractivity contribution in [1.82, 2.24) is 9.38 Å². The molecule has 0 saturated carbocycles. The molecule has 0 aliphatic rings. The second kappa shape index (κ2) is 6.87. The topological polar surface area (TPSA) is 63.8 Å². The summed E-state index contributed by atoms with van der Waals surface area (Å²) in [5.41, 5.74) is 2.20. The summed E-state index contributed by atoms with van der Waals surface area (Å²) in [6, 6.07) is 3.44. The average Bonchev–Trinajstić information content (AvgIpc) is 2.95.